The second kappa shape index (κ2) is 10.8. The van der Waals surface area contributed by atoms with E-state index in [1.165, 1.54) is 9.80 Å². The van der Waals surface area contributed by atoms with Crippen LogP contribution < -0.4 is 0 Å². The molecule has 0 radical (unpaired) electrons. The van der Waals surface area contributed by atoms with Gasteiger partial charge in [0.05, 0.1) is 0 Å². The van der Waals surface area contributed by atoms with Crippen molar-refractivity contribution in [3.05, 3.63) is 0 Å². The Morgan fingerprint density at radius 3 is 1.38 bits per heavy atom. The molecule has 0 bridgehead atoms. The van der Waals surface area contributed by atoms with Crippen molar-refractivity contribution in [2.24, 2.45) is 0 Å². The molecular weight excluding hydrogens is 340 g/mol. The van der Waals surface area contributed by atoms with Crippen molar-refractivity contribution in [3.8, 4) is 0 Å². The SMILES string of the molecule is CCCC(=O)N1CCCC1C(=O)O.CCCC(=O)N1CCC[C@H]1C(=O)O. The van der Waals surface area contributed by atoms with Crippen molar-refractivity contribution in [1.82, 2.24) is 9.80 Å². The number of hydrogen-bond acceptors (Lipinski definition) is 4. The van der Waals surface area contributed by atoms with E-state index < -0.39 is 24.0 Å². The Morgan fingerprint density at radius 1 is 0.769 bits per heavy atom. The van der Waals surface area contributed by atoms with Crippen molar-refractivity contribution in [3.63, 3.8) is 0 Å². The smallest absolute Gasteiger partial charge is 0.326 e. The van der Waals surface area contributed by atoms with Gasteiger partial charge in [-0.1, -0.05) is 13.8 Å². The fourth-order valence-corrected chi connectivity index (χ4v) is 3.36. The van der Waals surface area contributed by atoms with E-state index in [4.69, 9.17) is 10.2 Å². The molecule has 26 heavy (non-hydrogen) atoms. The molecule has 2 amide bonds. The zero-order valence-electron chi connectivity index (χ0n) is 15.6. The van der Waals surface area contributed by atoms with E-state index in [9.17, 15) is 19.2 Å². The van der Waals surface area contributed by atoms with Gasteiger partial charge in [-0.2, -0.15) is 0 Å². The van der Waals surface area contributed by atoms with Gasteiger partial charge in [0, 0.05) is 25.9 Å². The Bertz CT molecular complexity index is 476. The normalized spacial score (nSPS) is 21.9. The van der Waals surface area contributed by atoms with E-state index >= 15 is 0 Å². The molecule has 0 spiro atoms. The lowest BCUT2D eigenvalue weighted by molar-refractivity contribution is -0.148. The van der Waals surface area contributed by atoms with Gasteiger partial charge in [0.25, 0.3) is 0 Å². The van der Waals surface area contributed by atoms with E-state index in [2.05, 4.69) is 0 Å². The van der Waals surface area contributed by atoms with Crippen LogP contribution in [0.4, 0.5) is 0 Å². The summed E-state index contributed by atoms with van der Waals surface area (Å²) in [5.74, 6) is -1.79. The van der Waals surface area contributed by atoms with Gasteiger partial charge in [0.15, 0.2) is 0 Å². The number of carboxylic acids is 2. The van der Waals surface area contributed by atoms with Gasteiger partial charge in [-0.25, -0.2) is 9.59 Å². The van der Waals surface area contributed by atoms with Crippen LogP contribution in [0.5, 0.6) is 0 Å². The molecule has 2 aliphatic rings. The van der Waals surface area contributed by atoms with Crippen molar-refractivity contribution in [1.29, 1.82) is 0 Å². The standard InChI is InChI=1S/2C9H15NO3/c2*1-2-4-8(11)10-6-3-5-7(10)9(12)13/h2*7H,2-6H2,1H3,(H,12,13)/t7-;/m0./s1. The van der Waals surface area contributed by atoms with Gasteiger partial charge in [0.2, 0.25) is 11.8 Å². The molecule has 148 valence electrons. The number of rotatable bonds is 6. The number of likely N-dealkylation sites (tertiary alicyclic amines) is 2. The second-order valence-electron chi connectivity index (χ2n) is 6.67. The number of carboxylic acid groups (broad SMARTS) is 2. The third-order valence-electron chi connectivity index (χ3n) is 4.64. The van der Waals surface area contributed by atoms with E-state index in [1.807, 2.05) is 13.8 Å². The molecule has 2 fully saturated rings. The average Bonchev–Trinajstić information content (AvgIpc) is 3.25. The first kappa shape index (κ1) is 21.9. The largest absolute Gasteiger partial charge is 0.480 e. The number of amides is 2. The Balaban J connectivity index is 0.000000260. The fourth-order valence-electron chi connectivity index (χ4n) is 3.36. The summed E-state index contributed by atoms with van der Waals surface area (Å²) in [4.78, 5) is 47.3. The lowest BCUT2D eigenvalue weighted by Gasteiger charge is -2.20. The van der Waals surface area contributed by atoms with Crippen molar-refractivity contribution in [2.75, 3.05) is 13.1 Å². The van der Waals surface area contributed by atoms with Crippen molar-refractivity contribution in [2.45, 2.75) is 77.3 Å². The molecule has 0 aliphatic carbocycles. The quantitative estimate of drug-likeness (QED) is 0.736. The lowest BCUT2D eigenvalue weighted by Crippen LogP contribution is -2.40. The molecule has 1 unspecified atom stereocenters. The van der Waals surface area contributed by atoms with Gasteiger partial charge >= 0.3 is 11.9 Å². The van der Waals surface area contributed by atoms with Crippen molar-refractivity contribution >= 4 is 23.8 Å². The molecule has 2 saturated heterocycles. The van der Waals surface area contributed by atoms with Gasteiger partial charge in [-0.3, -0.25) is 9.59 Å². The fraction of sp³-hybridized carbons (Fsp3) is 0.778. The maximum atomic E-state index is 11.4. The summed E-state index contributed by atoms with van der Waals surface area (Å²) < 4.78 is 0. The summed E-state index contributed by atoms with van der Waals surface area (Å²) in [6.07, 6.45) is 5.31. The highest BCUT2D eigenvalue weighted by Crippen LogP contribution is 2.19. The van der Waals surface area contributed by atoms with Crippen LogP contribution >= 0.6 is 0 Å². The molecule has 0 aromatic carbocycles. The van der Waals surface area contributed by atoms with Crippen molar-refractivity contribution < 1.29 is 29.4 Å². The molecule has 8 heteroatoms. The molecule has 0 aromatic rings. The van der Waals surface area contributed by atoms with Crippen LogP contribution in [0.1, 0.15) is 65.2 Å². The minimum absolute atomic E-state index is 0.0209. The molecular formula is C18H30N2O6. The van der Waals surface area contributed by atoms with E-state index in [0.29, 0.717) is 38.8 Å². The second-order valence-corrected chi connectivity index (χ2v) is 6.67. The summed E-state index contributed by atoms with van der Waals surface area (Å²) in [6.45, 7) is 5.05. The maximum absolute atomic E-state index is 11.4. The Hall–Kier alpha value is -2.12. The number of nitrogens with zero attached hydrogens (tertiary/aromatic N) is 2. The number of carbonyl (C=O) groups excluding carboxylic acids is 2. The summed E-state index contributed by atoms with van der Waals surface area (Å²) in [5.41, 5.74) is 0. The highest BCUT2D eigenvalue weighted by molar-refractivity contribution is 5.84. The third-order valence-corrected chi connectivity index (χ3v) is 4.64. The topological polar surface area (TPSA) is 115 Å². The molecule has 0 saturated carbocycles. The summed E-state index contributed by atoms with van der Waals surface area (Å²) in [5, 5.41) is 17.6. The maximum Gasteiger partial charge on any atom is 0.326 e. The van der Waals surface area contributed by atoms with E-state index in [-0.39, 0.29) is 11.8 Å². The Morgan fingerprint density at radius 2 is 1.12 bits per heavy atom. The van der Waals surface area contributed by atoms with E-state index in [1.54, 1.807) is 0 Å². The predicted molar refractivity (Wildman–Crippen MR) is 94.6 cm³/mol. The molecule has 2 aliphatic heterocycles. The summed E-state index contributed by atoms with van der Waals surface area (Å²) in [6, 6.07) is -1.14. The minimum atomic E-state index is -0.873. The first-order valence-corrected chi connectivity index (χ1v) is 9.37. The lowest BCUT2D eigenvalue weighted by atomic mass is 10.2. The Labute approximate surface area is 154 Å². The van der Waals surface area contributed by atoms with Gasteiger partial charge in [-0.15, -0.1) is 0 Å². The Kier molecular flexibility index (Phi) is 9.09. The molecule has 2 N–H and O–H groups in total. The molecule has 2 atom stereocenters. The summed E-state index contributed by atoms with van der Waals surface area (Å²) >= 11 is 0. The highest BCUT2D eigenvalue weighted by atomic mass is 16.4. The predicted octanol–water partition coefficient (Wildman–Crippen LogP) is 1.72. The number of hydrogen-bond donors (Lipinski definition) is 2. The highest BCUT2D eigenvalue weighted by Gasteiger charge is 2.33. The van der Waals surface area contributed by atoms with Crippen LogP contribution in [0.3, 0.4) is 0 Å². The number of carbonyl (C=O) groups is 4. The average molecular weight is 370 g/mol. The van der Waals surface area contributed by atoms with Gasteiger partial charge < -0.3 is 20.0 Å². The number of aliphatic carboxylic acids is 2. The van der Waals surface area contributed by atoms with Crippen LogP contribution in [0.2, 0.25) is 0 Å². The van der Waals surface area contributed by atoms with Gasteiger partial charge in [0.1, 0.15) is 12.1 Å². The monoisotopic (exact) mass is 370 g/mol. The zero-order valence-corrected chi connectivity index (χ0v) is 15.6. The van der Waals surface area contributed by atoms with Crippen LogP contribution in [0.15, 0.2) is 0 Å². The summed E-state index contributed by atoms with van der Waals surface area (Å²) in [7, 11) is 0. The molecule has 2 heterocycles. The van der Waals surface area contributed by atoms with Crippen LogP contribution in [-0.2, 0) is 19.2 Å². The third kappa shape index (κ3) is 6.00. The van der Waals surface area contributed by atoms with Crippen LogP contribution in [0, 0.1) is 0 Å². The molecule has 0 aromatic heterocycles. The zero-order chi connectivity index (χ0) is 19.7. The van der Waals surface area contributed by atoms with E-state index in [0.717, 1.165) is 25.7 Å². The van der Waals surface area contributed by atoms with Gasteiger partial charge in [-0.05, 0) is 38.5 Å². The first-order valence-electron chi connectivity index (χ1n) is 9.37. The molecule has 8 nitrogen and oxygen atoms in total. The first-order chi connectivity index (χ1) is 12.3. The van der Waals surface area contributed by atoms with Crippen LogP contribution in [0.25, 0.3) is 0 Å². The van der Waals surface area contributed by atoms with Crippen LogP contribution in [-0.4, -0.2) is 68.9 Å². The molecule has 2 rings (SSSR count). The minimum Gasteiger partial charge on any atom is -0.480 e.